The molecule has 6 rings (SSSR count). The van der Waals surface area contributed by atoms with Gasteiger partial charge in [-0.15, -0.1) is 0 Å². The van der Waals surface area contributed by atoms with Crippen molar-refractivity contribution >= 4 is 59.3 Å². The van der Waals surface area contributed by atoms with E-state index in [1.807, 2.05) is 41.3 Å². The first-order chi connectivity index (χ1) is 17.5. The van der Waals surface area contributed by atoms with Gasteiger partial charge >= 0.3 is 0 Å². The predicted octanol–water partition coefficient (Wildman–Crippen LogP) is 4.81. The molecule has 1 aliphatic rings. The van der Waals surface area contributed by atoms with Crippen molar-refractivity contribution in [2.45, 2.75) is 4.90 Å². The van der Waals surface area contributed by atoms with E-state index in [1.165, 1.54) is 11.3 Å². The Kier molecular flexibility index (Phi) is 5.62. The maximum Gasteiger partial charge on any atom is 0.263 e. The summed E-state index contributed by atoms with van der Waals surface area (Å²) in [4.78, 5) is 21.7. The monoisotopic (exact) mass is 518 g/mol. The Labute approximate surface area is 211 Å². The summed E-state index contributed by atoms with van der Waals surface area (Å²) >= 11 is 1.21. The largest absolute Gasteiger partial charge is 0.449 e. The number of piperazine rings is 1. The molecule has 0 atom stereocenters. The highest BCUT2D eigenvalue weighted by Crippen LogP contribution is 2.30. The Balaban J connectivity index is 1.18. The van der Waals surface area contributed by atoms with E-state index in [9.17, 15) is 13.2 Å². The fourth-order valence-corrected chi connectivity index (χ4v) is 6.55. The van der Waals surface area contributed by atoms with Crippen LogP contribution in [0.5, 0.6) is 0 Å². The summed E-state index contributed by atoms with van der Waals surface area (Å²) < 4.78 is 34.8. The van der Waals surface area contributed by atoms with Gasteiger partial charge in [0.15, 0.2) is 11.0 Å². The van der Waals surface area contributed by atoms with Crippen molar-refractivity contribution in [3.63, 3.8) is 0 Å². The third kappa shape index (κ3) is 4.29. The zero-order chi connectivity index (χ0) is 24.7. The summed E-state index contributed by atoms with van der Waals surface area (Å²) in [5, 5.41) is 2.07. The number of aromatic nitrogens is 1. The van der Waals surface area contributed by atoms with E-state index < -0.39 is 10.0 Å². The number of hydrogen-bond donors (Lipinski definition) is 1. The maximum absolute atomic E-state index is 13.1. The van der Waals surface area contributed by atoms with Gasteiger partial charge in [-0.05, 0) is 47.2 Å². The van der Waals surface area contributed by atoms with E-state index in [2.05, 4.69) is 14.6 Å². The number of amides is 1. The first-order valence-corrected chi connectivity index (χ1v) is 13.8. The van der Waals surface area contributed by atoms with Gasteiger partial charge in [0.2, 0.25) is 0 Å². The predicted molar refractivity (Wildman–Crippen MR) is 141 cm³/mol. The lowest BCUT2D eigenvalue weighted by molar-refractivity contribution is 0.0745. The van der Waals surface area contributed by atoms with Crippen molar-refractivity contribution in [2.24, 2.45) is 0 Å². The Morgan fingerprint density at radius 3 is 2.50 bits per heavy atom. The number of carbonyl (C=O) groups excluding carboxylic acids is 1. The number of thiazole rings is 1. The zero-order valence-corrected chi connectivity index (χ0v) is 20.8. The second kappa shape index (κ2) is 8.96. The molecule has 2 aromatic heterocycles. The molecule has 0 unspecified atom stereocenters. The number of furan rings is 1. The molecular weight excluding hydrogens is 496 g/mol. The number of sulfonamides is 1. The van der Waals surface area contributed by atoms with Crippen LogP contribution in [0, 0.1) is 0 Å². The molecule has 1 saturated heterocycles. The fourth-order valence-electron chi connectivity index (χ4n) is 4.37. The van der Waals surface area contributed by atoms with E-state index in [4.69, 9.17) is 4.42 Å². The van der Waals surface area contributed by atoms with Crippen molar-refractivity contribution in [3.8, 4) is 0 Å². The lowest BCUT2D eigenvalue weighted by Crippen LogP contribution is -2.48. The SMILES string of the molecule is O=C(c1ccc2nc(NS(=O)(=O)c3ccc4ccccc4c3)sc2c1)N1CCN(c2ccco2)CC1. The number of anilines is 2. The number of nitrogens with zero attached hydrogens (tertiary/aromatic N) is 3. The van der Waals surface area contributed by atoms with Crippen LogP contribution in [0.3, 0.4) is 0 Å². The molecule has 182 valence electrons. The summed E-state index contributed by atoms with van der Waals surface area (Å²) in [5.41, 5.74) is 1.19. The number of hydrogen-bond acceptors (Lipinski definition) is 7. The van der Waals surface area contributed by atoms with E-state index in [-0.39, 0.29) is 15.9 Å². The number of rotatable bonds is 5. The number of nitrogens with one attached hydrogen (secondary N) is 1. The van der Waals surface area contributed by atoms with E-state index in [0.29, 0.717) is 37.3 Å². The molecule has 0 aliphatic carbocycles. The van der Waals surface area contributed by atoms with Gasteiger partial charge in [0.25, 0.3) is 15.9 Å². The molecule has 36 heavy (non-hydrogen) atoms. The van der Waals surface area contributed by atoms with Crippen molar-refractivity contribution < 1.29 is 17.6 Å². The van der Waals surface area contributed by atoms with Gasteiger partial charge in [-0.3, -0.25) is 9.52 Å². The molecule has 0 spiro atoms. The highest BCUT2D eigenvalue weighted by molar-refractivity contribution is 7.93. The van der Waals surface area contributed by atoms with Gasteiger partial charge in [-0.1, -0.05) is 41.7 Å². The van der Waals surface area contributed by atoms with Crippen LogP contribution in [0.15, 0.2) is 88.4 Å². The van der Waals surface area contributed by atoms with Crippen LogP contribution in [-0.2, 0) is 10.0 Å². The zero-order valence-electron chi connectivity index (χ0n) is 19.1. The van der Waals surface area contributed by atoms with Crippen molar-refractivity contribution in [2.75, 3.05) is 35.8 Å². The molecule has 0 saturated carbocycles. The van der Waals surface area contributed by atoms with Crippen LogP contribution in [0.2, 0.25) is 0 Å². The highest BCUT2D eigenvalue weighted by atomic mass is 32.2. The molecule has 0 bridgehead atoms. The van der Waals surface area contributed by atoms with Gasteiger partial charge in [-0.25, -0.2) is 13.4 Å². The normalized spacial score (nSPS) is 14.4. The van der Waals surface area contributed by atoms with Crippen LogP contribution in [0.1, 0.15) is 10.4 Å². The molecular formula is C26H22N4O4S2. The topological polar surface area (TPSA) is 95.7 Å². The summed E-state index contributed by atoms with van der Waals surface area (Å²) in [7, 11) is -3.81. The molecule has 3 heterocycles. The Hall–Kier alpha value is -3.89. The quantitative estimate of drug-likeness (QED) is 0.359. The maximum atomic E-state index is 13.1. The average molecular weight is 519 g/mol. The smallest absolute Gasteiger partial charge is 0.263 e. The number of carbonyl (C=O) groups is 1. The third-order valence-corrected chi connectivity index (χ3v) is 8.67. The standard InChI is InChI=1S/C26H22N4O4S2/c31-25(30-13-11-29(12-14-30)24-6-3-15-34-24)20-8-10-22-23(17-20)35-26(27-22)28-36(32,33)21-9-7-18-4-1-2-5-19(18)16-21/h1-10,15-17H,11-14H2,(H,27,28). The third-order valence-electron chi connectivity index (χ3n) is 6.27. The Morgan fingerprint density at radius 2 is 1.72 bits per heavy atom. The van der Waals surface area contributed by atoms with E-state index in [0.717, 1.165) is 21.4 Å². The Morgan fingerprint density at radius 1 is 0.917 bits per heavy atom. The fraction of sp³-hybridized carbons (Fsp3) is 0.154. The van der Waals surface area contributed by atoms with Crippen LogP contribution < -0.4 is 9.62 Å². The van der Waals surface area contributed by atoms with Crippen LogP contribution in [0.4, 0.5) is 11.0 Å². The minimum Gasteiger partial charge on any atom is -0.449 e. The van der Waals surface area contributed by atoms with Crippen LogP contribution in [0.25, 0.3) is 21.0 Å². The molecule has 8 nitrogen and oxygen atoms in total. The lowest BCUT2D eigenvalue weighted by Gasteiger charge is -2.34. The number of fused-ring (bicyclic) bond motifs is 2. The van der Waals surface area contributed by atoms with Crippen LogP contribution >= 0.6 is 11.3 Å². The summed E-state index contributed by atoms with van der Waals surface area (Å²) in [6.45, 7) is 2.58. The minimum absolute atomic E-state index is 0.0531. The lowest BCUT2D eigenvalue weighted by atomic mass is 10.1. The summed E-state index contributed by atoms with van der Waals surface area (Å²) in [6, 6.07) is 21.7. The summed E-state index contributed by atoms with van der Waals surface area (Å²) in [5.74, 6) is 0.759. The minimum atomic E-state index is -3.81. The van der Waals surface area contributed by atoms with Crippen LogP contribution in [-0.4, -0.2) is 50.4 Å². The molecule has 1 N–H and O–H groups in total. The van der Waals surface area contributed by atoms with Gasteiger partial charge in [0.05, 0.1) is 21.4 Å². The summed E-state index contributed by atoms with van der Waals surface area (Å²) in [6.07, 6.45) is 1.65. The van der Waals surface area contributed by atoms with Gasteiger partial charge in [0.1, 0.15) is 0 Å². The van der Waals surface area contributed by atoms with E-state index in [1.54, 1.807) is 42.7 Å². The molecule has 3 aromatic carbocycles. The first kappa shape index (κ1) is 22.6. The molecule has 0 radical (unpaired) electrons. The van der Waals surface area contributed by atoms with Crippen molar-refractivity contribution in [1.29, 1.82) is 0 Å². The van der Waals surface area contributed by atoms with E-state index >= 15 is 0 Å². The second-order valence-corrected chi connectivity index (χ2v) is 11.3. The Bertz CT molecular complexity index is 1670. The number of benzene rings is 3. The van der Waals surface area contributed by atoms with Crippen molar-refractivity contribution in [3.05, 3.63) is 84.6 Å². The van der Waals surface area contributed by atoms with Gasteiger partial charge < -0.3 is 14.2 Å². The average Bonchev–Trinajstić information content (AvgIpc) is 3.57. The molecule has 1 fully saturated rings. The van der Waals surface area contributed by atoms with Crippen molar-refractivity contribution in [1.82, 2.24) is 9.88 Å². The molecule has 5 aromatic rings. The van der Waals surface area contributed by atoms with Gasteiger partial charge in [0, 0.05) is 37.8 Å². The molecule has 10 heteroatoms. The van der Waals surface area contributed by atoms with Gasteiger partial charge in [-0.2, -0.15) is 0 Å². The second-order valence-electron chi connectivity index (χ2n) is 8.55. The molecule has 1 aliphatic heterocycles. The first-order valence-electron chi connectivity index (χ1n) is 11.5. The highest BCUT2D eigenvalue weighted by Gasteiger charge is 2.24. The molecule has 1 amide bonds.